The first kappa shape index (κ1) is 28.8. The van der Waals surface area contributed by atoms with Gasteiger partial charge in [-0.1, -0.05) is 62.2 Å². The van der Waals surface area contributed by atoms with Crippen LogP contribution in [-0.4, -0.2) is 29.4 Å². The number of ketones is 1. The molecule has 0 heterocycles. The van der Waals surface area contributed by atoms with E-state index in [4.69, 9.17) is 4.74 Å². The number of carbonyl (C=O) groups is 3. The molecule has 1 aromatic rings. The lowest BCUT2D eigenvalue weighted by molar-refractivity contribution is -0.137. The molecule has 5 nitrogen and oxygen atoms in total. The van der Waals surface area contributed by atoms with Crippen molar-refractivity contribution in [2.75, 3.05) is 6.61 Å². The summed E-state index contributed by atoms with van der Waals surface area (Å²) in [6, 6.07) is 8.82. The van der Waals surface area contributed by atoms with E-state index >= 15 is 0 Å². The van der Waals surface area contributed by atoms with Gasteiger partial charge in [-0.25, -0.2) is 9.59 Å². The van der Waals surface area contributed by atoms with Crippen molar-refractivity contribution < 1.29 is 24.2 Å². The van der Waals surface area contributed by atoms with Gasteiger partial charge >= 0.3 is 11.9 Å². The predicted molar refractivity (Wildman–Crippen MR) is 156 cm³/mol. The quantitative estimate of drug-likeness (QED) is 0.149. The van der Waals surface area contributed by atoms with E-state index in [0.29, 0.717) is 35.2 Å². The number of rotatable bonds is 9. The third kappa shape index (κ3) is 5.45. The number of carboxylic acids is 1. The highest BCUT2D eigenvalue weighted by Gasteiger charge is 2.59. The van der Waals surface area contributed by atoms with Gasteiger partial charge in [0.15, 0.2) is 0 Å². The second kappa shape index (κ2) is 11.7. The first-order valence-corrected chi connectivity index (χ1v) is 15.5. The number of hydrogen-bond acceptors (Lipinski definition) is 4. The van der Waals surface area contributed by atoms with E-state index in [9.17, 15) is 19.5 Å². The number of carboxylic acid groups (broad SMARTS) is 1. The van der Waals surface area contributed by atoms with E-state index in [2.05, 4.69) is 19.9 Å². The van der Waals surface area contributed by atoms with Crippen molar-refractivity contribution >= 4 is 23.3 Å². The van der Waals surface area contributed by atoms with Crippen molar-refractivity contribution in [1.29, 1.82) is 0 Å². The van der Waals surface area contributed by atoms with Crippen LogP contribution >= 0.6 is 0 Å². The molecular weight excluding hydrogens is 500 g/mol. The highest BCUT2D eigenvalue weighted by Crippen LogP contribution is 2.66. The van der Waals surface area contributed by atoms with Crippen LogP contribution in [0.1, 0.15) is 97.0 Å². The van der Waals surface area contributed by atoms with E-state index in [-0.39, 0.29) is 16.9 Å². The smallest absolute Gasteiger partial charge is 0.339 e. The lowest BCUT2D eigenvalue weighted by Gasteiger charge is -2.58. The van der Waals surface area contributed by atoms with Crippen LogP contribution in [0.4, 0.5) is 0 Å². The summed E-state index contributed by atoms with van der Waals surface area (Å²) in [5.41, 5.74) is 2.85. The third-order valence-corrected chi connectivity index (χ3v) is 11.5. The van der Waals surface area contributed by atoms with Crippen molar-refractivity contribution in [2.45, 2.75) is 91.4 Å². The number of carbonyl (C=O) groups excluding carboxylic acids is 2. The number of esters is 1. The number of aliphatic carboxylic acids is 1. The Morgan fingerprint density at radius 2 is 1.77 bits per heavy atom. The van der Waals surface area contributed by atoms with Gasteiger partial charge in [0.05, 0.1) is 12.2 Å². The van der Waals surface area contributed by atoms with Crippen molar-refractivity contribution in [3.05, 3.63) is 53.6 Å². The second-order valence-corrected chi connectivity index (χ2v) is 13.5. The lowest BCUT2D eigenvalue weighted by Crippen LogP contribution is -2.50. The average molecular weight is 547 g/mol. The third-order valence-electron chi connectivity index (χ3n) is 11.5. The summed E-state index contributed by atoms with van der Waals surface area (Å²) in [6.07, 6.45) is 16.2. The van der Waals surface area contributed by atoms with E-state index < -0.39 is 11.9 Å². The molecule has 4 aliphatic carbocycles. The normalized spacial score (nSPS) is 35.1. The summed E-state index contributed by atoms with van der Waals surface area (Å²) in [4.78, 5) is 36.3. The molecule has 0 spiro atoms. The first-order valence-electron chi connectivity index (χ1n) is 15.5. The number of fused-ring (bicyclic) bond motifs is 5. The van der Waals surface area contributed by atoms with Gasteiger partial charge in [0.2, 0.25) is 0 Å². The summed E-state index contributed by atoms with van der Waals surface area (Å²) in [6.45, 7) is 7.09. The second-order valence-electron chi connectivity index (χ2n) is 13.5. The molecule has 216 valence electrons. The van der Waals surface area contributed by atoms with Gasteiger partial charge in [-0.2, -0.15) is 0 Å². The maximum Gasteiger partial charge on any atom is 0.339 e. The highest BCUT2D eigenvalue weighted by molar-refractivity contribution is 6.20. The largest absolute Gasteiger partial charge is 0.478 e. The number of benzene rings is 1. The lowest BCUT2D eigenvalue weighted by atomic mass is 9.47. The summed E-state index contributed by atoms with van der Waals surface area (Å²) >= 11 is 0. The molecule has 0 unspecified atom stereocenters. The van der Waals surface area contributed by atoms with Crippen molar-refractivity contribution in [3.63, 3.8) is 0 Å². The minimum absolute atomic E-state index is 0.0830. The van der Waals surface area contributed by atoms with Gasteiger partial charge in [-0.05, 0) is 111 Å². The van der Waals surface area contributed by atoms with Crippen LogP contribution in [-0.2, 0) is 19.1 Å². The Hall–Kier alpha value is -2.69. The zero-order chi connectivity index (χ0) is 28.5. The Kier molecular flexibility index (Phi) is 8.40. The van der Waals surface area contributed by atoms with Gasteiger partial charge in [0.25, 0.3) is 0 Å². The summed E-state index contributed by atoms with van der Waals surface area (Å²) in [5, 5.41) is 9.19. The predicted octanol–water partition coefficient (Wildman–Crippen LogP) is 7.65. The fraction of sp³-hybridized carbons (Fsp3) is 0.629. The monoisotopic (exact) mass is 546 g/mol. The Morgan fingerprint density at radius 3 is 2.50 bits per heavy atom. The van der Waals surface area contributed by atoms with Crippen LogP contribution in [0.15, 0.2) is 48.1 Å². The summed E-state index contributed by atoms with van der Waals surface area (Å²) in [5.74, 6) is 1.81. The topological polar surface area (TPSA) is 80.7 Å². The molecule has 0 amide bonds. The molecule has 3 saturated carbocycles. The molecule has 0 bridgehead atoms. The molecule has 0 saturated heterocycles. The number of hydrogen-bond donors (Lipinski definition) is 1. The Balaban J connectivity index is 1.12. The zero-order valence-electron chi connectivity index (χ0n) is 24.5. The van der Waals surface area contributed by atoms with Gasteiger partial charge in [0.1, 0.15) is 5.78 Å². The standard InChI is InChI=1S/C35H46O5/c1-23(36)29-14-15-30-27-13-12-26-21-24(16-18-34(26,2)31(27)17-19-35(29,30)3)9-7-8-20-40-33(39)28(22-32(37)38)25-10-5-4-6-11-25/h4-6,10-12,22,24,27,29-31H,7-9,13-21H2,1-3H3,(H,37,38)/b28-22+/t24-,27-,29+,30-,31-,34-,35+/m1/s1. The molecule has 7 atom stereocenters. The maximum absolute atomic E-state index is 12.6. The Morgan fingerprint density at radius 1 is 1.00 bits per heavy atom. The van der Waals surface area contributed by atoms with Crippen LogP contribution in [0, 0.1) is 40.4 Å². The molecule has 0 aromatic heterocycles. The van der Waals surface area contributed by atoms with Gasteiger partial charge in [0, 0.05) is 12.0 Å². The zero-order valence-corrected chi connectivity index (χ0v) is 24.5. The Bertz CT molecular complexity index is 1180. The van der Waals surface area contributed by atoms with Crippen molar-refractivity contribution in [2.24, 2.45) is 40.4 Å². The van der Waals surface area contributed by atoms with Gasteiger partial charge < -0.3 is 9.84 Å². The molecular formula is C35H46O5. The minimum Gasteiger partial charge on any atom is -0.478 e. The number of ether oxygens (including phenoxy) is 1. The van der Waals surface area contributed by atoms with Crippen LogP contribution in [0.2, 0.25) is 0 Å². The average Bonchev–Trinajstić information content (AvgIpc) is 3.29. The number of unbranched alkanes of at least 4 members (excludes halogenated alkanes) is 1. The summed E-state index contributed by atoms with van der Waals surface area (Å²) in [7, 11) is 0. The van der Waals surface area contributed by atoms with Crippen LogP contribution in [0.25, 0.3) is 5.57 Å². The molecule has 3 fully saturated rings. The molecule has 40 heavy (non-hydrogen) atoms. The number of Topliss-reactive ketones (excluding diaryl/α,β-unsaturated/α-hetero) is 1. The van der Waals surface area contributed by atoms with Crippen LogP contribution in [0.3, 0.4) is 0 Å². The van der Waals surface area contributed by atoms with Crippen LogP contribution < -0.4 is 0 Å². The molecule has 1 aromatic carbocycles. The fourth-order valence-corrected chi connectivity index (χ4v) is 9.43. The van der Waals surface area contributed by atoms with E-state index in [0.717, 1.165) is 43.6 Å². The first-order chi connectivity index (χ1) is 19.1. The van der Waals surface area contributed by atoms with Crippen molar-refractivity contribution in [3.8, 4) is 0 Å². The van der Waals surface area contributed by atoms with Crippen LogP contribution in [0.5, 0.6) is 0 Å². The molecule has 5 rings (SSSR count). The number of allylic oxidation sites excluding steroid dienone is 2. The van der Waals surface area contributed by atoms with Gasteiger partial charge in [-0.3, -0.25) is 4.79 Å². The molecule has 0 radical (unpaired) electrons. The van der Waals surface area contributed by atoms with E-state index in [1.165, 1.54) is 44.9 Å². The van der Waals surface area contributed by atoms with Crippen molar-refractivity contribution in [1.82, 2.24) is 0 Å². The Labute approximate surface area is 239 Å². The van der Waals surface area contributed by atoms with E-state index in [1.807, 2.05) is 13.0 Å². The highest BCUT2D eigenvalue weighted by atomic mass is 16.5. The maximum atomic E-state index is 12.6. The molecule has 1 N–H and O–H groups in total. The minimum atomic E-state index is -1.16. The molecule has 4 aliphatic rings. The molecule has 5 heteroatoms. The SMILES string of the molecule is CC(=O)[C@@H]1CC[C@@H]2[C@H]3CC=C4C[C@H](CCCCOC(=O)/C(=C/C(=O)O)c5ccccc5)CC[C@@]4(C)[C@@H]3CC[C@]21C. The molecule has 0 aliphatic heterocycles. The van der Waals surface area contributed by atoms with E-state index in [1.54, 1.807) is 29.8 Å². The fourth-order valence-electron chi connectivity index (χ4n) is 9.43. The summed E-state index contributed by atoms with van der Waals surface area (Å²) < 4.78 is 5.47. The van der Waals surface area contributed by atoms with Gasteiger partial charge in [-0.15, -0.1) is 0 Å².